The van der Waals surface area contributed by atoms with Gasteiger partial charge >= 0.3 is 0 Å². The molecule has 164 valence electrons. The smallest absolute Gasteiger partial charge is 0.0207 e. The molecule has 0 nitrogen and oxygen atoms in total. The summed E-state index contributed by atoms with van der Waals surface area (Å²) in [6.07, 6.45) is 31.3. The molecule has 2 unspecified atom stereocenters. The molecule has 0 saturated heterocycles. The van der Waals surface area contributed by atoms with Crippen LogP contribution in [-0.4, -0.2) is 35.0 Å². The van der Waals surface area contributed by atoms with Crippen LogP contribution >= 0.6 is 15.8 Å². The van der Waals surface area contributed by atoms with Gasteiger partial charge in [-0.1, -0.05) is 93.9 Å². The van der Waals surface area contributed by atoms with E-state index in [1.807, 2.05) is 0 Å². The second-order valence-electron chi connectivity index (χ2n) is 10.2. The molecule has 3 rings (SSSR count). The van der Waals surface area contributed by atoms with Gasteiger partial charge in [-0.15, -0.1) is 0 Å². The molecule has 0 aliphatic heterocycles. The van der Waals surface area contributed by atoms with Crippen LogP contribution in [-0.2, 0) is 0 Å². The van der Waals surface area contributed by atoms with Crippen molar-refractivity contribution in [2.75, 3.05) is 12.3 Å². The molecule has 28 heavy (non-hydrogen) atoms. The third kappa shape index (κ3) is 6.94. The van der Waals surface area contributed by atoms with Gasteiger partial charge in [0.25, 0.3) is 0 Å². The summed E-state index contributed by atoms with van der Waals surface area (Å²) in [5.41, 5.74) is 4.58. The zero-order chi connectivity index (χ0) is 19.6. The van der Waals surface area contributed by atoms with E-state index in [9.17, 15) is 0 Å². The molecule has 3 fully saturated rings. The highest BCUT2D eigenvalue weighted by Gasteiger charge is 2.34. The van der Waals surface area contributed by atoms with Gasteiger partial charge in [0.05, 0.1) is 0 Å². The van der Waals surface area contributed by atoms with E-state index in [0.29, 0.717) is 15.8 Å². The highest BCUT2D eigenvalue weighted by Crippen LogP contribution is 2.60. The fraction of sp³-hybridized carbons (Fsp3) is 1.00. The maximum atomic E-state index is 2.52. The van der Waals surface area contributed by atoms with Crippen LogP contribution in [0.25, 0.3) is 0 Å². The maximum Gasteiger partial charge on any atom is -0.0207 e. The van der Waals surface area contributed by atoms with Crippen LogP contribution in [0.5, 0.6) is 0 Å². The van der Waals surface area contributed by atoms with Crippen molar-refractivity contribution in [3.8, 4) is 0 Å². The zero-order valence-electron chi connectivity index (χ0n) is 19.3. The number of hydrogen-bond acceptors (Lipinski definition) is 0. The molecule has 0 N–H and O–H groups in total. The van der Waals surface area contributed by atoms with Crippen molar-refractivity contribution < 1.29 is 0 Å². The molecule has 0 spiro atoms. The van der Waals surface area contributed by atoms with E-state index in [2.05, 4.69) is 13.8 Å². The normalized spacial score (nSPS) is 25.8. The molecule has 0 bridgehead atoms. The maximum absolute atomic E-state index is 2.52. The molecule has 3 aliphatic carbocycles. The van der Waals surface area contributed by atoms with Crippen molar-refractivity contribution in [1.29, 1.82) is 0 Å². The van der Waals surface area contributed by atoms with Gasteiger partial charge in [-0.2, -0.15) is 0 Å². The SMILES string of the molecule is CCCC(CC)P(CCP(C1CCCCC1)C1CCCCC1)C1CCCCC1. The summed E-state index contributed by atoms with van der Waals surface area (Å²) >= 11 is 0. The molecule has 0 aromatic rings. The molecule has 0 heterocycles. The third-order valence-electron chi connectivity index (χ3n) is 8.31. The lowest BCUT2D eigenvalue weighted by molar-refractivity contribution is 0.484. The summed E-state index contributed by atoms with van der Waals surface area (Å²) in [5.74, 6) is 0. The quantitative estimate of drug-likeness (QED) is 0.306. The van der Waals surface area contributed by atoms with Crippen LogP contribution in [0, 0.1) is 0 Å². The highest BCUT2D eigenvalue weighted by atomic mass is 31.1. The summed E-state index contributed by atoms with van der Waals surface area (Å²) in [5, 5.41) is 0. The molecule has 2 atom stereocenters. The second-order valence-corrected chi connectivity index (χ2v) is 16.1. The van der Waals surface area contributed by atoms with Crippen molar-refractivity contribution >= 4 is 15.8 Å². The van der Waals surface area contributed by atoms with Crippen LogP contribution < -0.4 is 0 Å². The Morgan fingerprint density at radius 1 is 0.607 bits per heavy atom. The molecule has 0 aromatic carbocycles. The van der Waals surface area contributed by atoms with Gasteiger partial charge in [0, 0.05) is 0 Å². The predicted octanol–water partition coefficient (Wildman–Crippen LogP) is 9.53. The zero-order valence-corrected chi connectivity index (χ0v) is 21.1. The van der Waals surface area contributed by atoms with Crippen molar-refractivity contribution in [3.05, 3.63) is 0 Å². The largest absolute Gasteiger partial charge is 0.1000 e. The van der Waals surface area contributed by atoms with E-state index in [1.54, 1.807) is 89.4 Å². The van der Waals surface area contributed by atoms with E-state index in [-0.39, 0.29) is 0 Å². The Labute approximate surface area is 180 Å². The van der Waals surface area contributed by atoms with Gasteiger partial charge in [0.15, 0.2) is 0 Å². The number of hydrogen-bond donors (Lipinski definition) is 0. The van der Waals surface area contributed by atoms with E-state index in [4.69, 9.17) is 0 Å². The summed E-state index contributed by atoms with van der Waals surface area (Å²) in [7, 11) is 0.620. The molecular weight excluding hydrogens is 374 g/mol. The molecule has 0 aromatic heterocycles. The predicted molar refractivity (Wildman–Crippen MR) is 133 cm³/mol. The minimum absolute atomic E-state index is 0.293. The van der Waals surface area contributed by atoms with Crippen LogP contribution in [0.3, 0.4) is 0 Å². The lowest BCUT2D eigenvalue weighted by atomic mass is 9.99. The average Bonchev–Trinajstić information content (AvgIpc) is 2.77. The van der Waals surface area contributed by atoms with Crippen molar-refractivity contribution in [2.45, 2.75) is 152 Å². The van der Waals surface area contributed by atoms with Gasteiger partial charge in [-0.3, -0.25) is 0 Å². The van der Waals surface area contributed by atoms with E-state index in [1.165, 1.54) is 49.8 Å². The van der Waals surface area contributed by atoms with E-state index < -0.39 is 0 Å². The summed E-state index contributed by atoms with van der Waals surface area (Å²) < 4.78 is 0. The Kier molecular flexibility index (Phi) is 11.2. The molecular formula is C26H50P2. The summed E-state index contributed by atoms with van der Waals surface area (Å²) in [4.78, 5) is 0. The van der Waals surface area contributed by atoms with Crippen molar-refractivity contribution in [3.63, 3.8) is 0 Å². The minimum Gasteiger partial charge on any atom is -0.1000 e. The highest BCUT2D eigenvalue weighted by molar-refractivity contribution is 7.63. The Morgan fingerprint density at radius 3 is 1.50 bits per heavy atom. The molecule has 0 amide bonds. The van der Waals surface area contributed by atoms with Crippen LogP contribution in [0.1, 0.15) is 129 Å². The molecule has 3 aliphatic rings. The molecule has 3 saturated carbocycles. The fourth-order valence-corrected chi connectivity index (χ4v) is 15.4. The third-order valence-corrected chi connectivity index (χ3v) is 16.1. The average molecular weight is 425 g/mol. The first-order valence-electron chi connectivity index (χ1n) is 13.3. The lowest BCUT2D eigenvalue weighted by Crippen LogP contribution is -2.25. The van der Waals surface area contributed by atoms with E-state index >= 15 is 0 Å². The number of rotatable bonds is 10. The monoisotopic (exact) mass is 424 g/mol. The molecule has 2 heteroatoms. The van der Waals surface area contributed by atoms with Crippen LogP contribution in [0.2, 0.25) is 0 Å². The molecule has 0 radical (unpaired) electrons. The van der Waals surface area contributed by atoms with Crippen molar-refractivity contribution in [2.24, 2.45) is 0 Å². The lowest BCUT2D eigenvalue weighted by Gasteiger charge is -2.42. The van der Waals surface area contributed by atoms with Crippen LogP contribution in [0.15, 0.2) is 0 Å². The van der Waals surface area contributed by atoms with E-state index in [0.717, 1.165) is 11.3 Å². The fourth-order valence-electron chi connectivity index (χ4n) is 6.73. The minimum atomic E-state index is 0.293. The van der Waals surface area contributed by atoms with Crippen LogP contribution in [0.4, 0.5) is 0 Å². The topological polar surface area (TPSA) is 0 Å². The van der Waals surface area contributed by atoms with Gasteiger partial charge in [-0.25, -0.2) is 0 Å². The van der Waals surface area contributed by atoms with Gasteiger partial charge in [-0.05, 0) is 86.3 Å². The van der Waals surface area contributed by atoms with Gasteiger partial charge in [0.1, 0.15) is 0 Å². The van der Waals surface area contributed by atoms with Crippen molar-refractivity contribution in [1.82, 2.24) is 0 Å². The first kappa shape index (κ1) is 23.5. The summed E-state index contributed by atoms with van der Waals surface area (Å²) in [6, 6.07) is 0. The summed E-state index contributed by atoms with van der Waals surface area (Å²) in [6.45, 7) is 4.96. The Bertz CT molecular complexity index is 337. The Hall–Kier alpha value is 0.860. The Morgan fingerprint density at radius 2 is 1.07 bits per heavy atom. The standard InChI is InChI=1S/C26H50P2/c1-3-14-23(4-2)27(24-15-8-5-9-16-24)21-22-28(25-17-10-6-11-18-25)26-19-12-7-13-20-26/h23-26H,3-22H2,1-2H3. The van der Waals surface area contributed by atoms with Gasteiger partial charge < -0.3 is 0 Å². The first-order valence-corrected chi connectivity index (χ1v) is 16.7. The Balaban J connectivity index is 1.66. The van der Waals surface area contributed by atoms with Gasteiger partial charge in [0.2, 0.25) is 0 Å². The second kappa shape index (κ2) is 13.3. The first-order chi connectivity index (χ1) is 13.8.